The first-order chi connectivity index (χ1) is 15.8. The lowest BCUT2D eigenvalue weighted by molar-refractivity contribution is -0.107. The Morgan fingerprint density at radius 2 is 0.812 bits per heavy atom. The molecule has 0 aromatic heterocycles. The van der Waals surface area contributed by atoms with Crippen LogP contribution >= 0.6 is 0 Å². The van der Waals surface area contributed by atoms with Crippen molar-refractivity contribution in [3.63, 3.8) is 0 Å². The van der Waals surface area contributed by atoms with E-state index in [9.17, 15) is 4.79 Å². The lowest BCUT2D eigenvalue weighted by Crippen LogP contribution is -1.80. The Balaban J connectivity index is 0. The molecule has 0 fully saturated rings. The van der Waals surface area contributed by atoms with E-state index in [4.69, 9.17) is 0 Å². The SMILES string of the molecule is CC=CCC=CCCCCCCCC.CCCCCCCC=CCCCCCCCC=O. The van der Waals surface area contributed by atoms with Crippen LogP contribution in [0.3, 0.4) is 0 Å². The average Bonchev–Trinajstić information content (AvgIpc) is 2.81. The van der Waals surface area contributed by atoms with Crippen molar-refractivity contribution in [3.05, 3.63) is 36.5 Å². The van der Waals surface area contributed by atoms with Gasteiger partial charge < -0.3 is 4.79 Å². The van der Waals surface area contributed by atoms with Crippen LogP contribution in [0.15, 0.2) is 36.5 Å². The molecule has 1 heteroatoms. The van der Waals surface area contributed by atoms with Crippen LogP contribution in [-0.4, -0.2) is 6.29 Å². The molecule has 0 bridgehead atoms. The van der Waals surface area contributed by atoms with Gasteiger partial charge in [-0.1, -0.05) is 127 Å². The number of hydrogen-bond donors (Lipinski definition) is 0. The summed E-state index contributed by atoms with van der Waals surface area (Å²) in [4.78, 5) is 10.1. The van der Waals surface area contributed by atoms with Crippen LogP contribution in [0.2, 0.25) is 0 Å². The van der Waals surface area contributed by atoms with Gasteiger partial charge >= 0.3 is 0 Å². The Morgan fingerprint density at radius 1 is 0.438 bits per heavy atom. The van der Waals surface area contributed by atoms with Crippen LogP contribution in [0.5, 0.6) is 0 Å². The first kappa shape index (κ1) is 33.1. The normalized spacial score (nSPS) is 11.5. The molecule has 0 atom stereocenters. The fourth-order valence-corrected chi connectivity index (χ4v) is 3.59. The Kier molecular flexibility index (Phi) is 35.7. The summed E-state index contributed by atoms with van der Waals surface area (Å²) in [6, 6.07) is 0. The van der Waals surface area contributed by atoms with Gasteiger partial charge in [0.05, 0.1) is 0 Å². The maximum Gasteiger partial charge on any atom is 0.119 e. The van der Waals surface area contributed by atoms with Gasteiger partial charge in [-0.05, 0) is 58.3 Å². The zero-order valence-corrected chi connectivity index (χ0v) is 22.3. The molecule has 0 aliphatic carbocycles. The van der Waals surface area contributed by atoms with Crippen molar-refractivity contribution in [2.45, 2.75) is 156 Å². The smallest absolute Gasteiger partial charge is 0.119 e. The molecule has 1 nitrogen and oxygen atoms in total. The van der Waals surface area contributed by atoms with Crippen molar-refractivity contribution in [2.24, 2.45) is 0 Å². The third-order valence-corrected chi connectivity index (χ3v) is 5.73. The second-order valence-electron chi connectivity index (χ2n) is 9.02. The Bertz CT molecular complexity index is 405. The van der Waals surface area contributed by atoms with Crippen molar-refractivity contribution in [1.29, 1.82) is 0 Å². The molecular formula is C31H58O. The van der Waals surface area contributed by atoms with E-state index in [0.29, 0.717) is 0 Å². The molecule has 0 spiro atoms. The van der Waals surface area contributed by atoms with Crippen LogP contribution in [-0.2, 0) is 4.79 Å². The summed E-state index contributed by atoms with van der Waals surface area (Å²) in [5.41, 5.74) is 0. The van der Waals surface area contributed by atoms with Crippen molar-refractivity contribution in [1.82, 2.24) is 0 Å². The number of carbonyl (C=O) groups excluding carboxylic acids is 1. The van der Waals surface area contributed by atoms with Gasteiger partial charge in [0.15, 0.2) is 0 Å². The van der Waals surface area contributed by atoms with E-state index in [-0.39, 0.29) is 0 Å². The summed E-state index contributed by atoms with van der Waals surface area (Å²) in [7, 11) is 0. The second kappa shape index (κ2) is 34.5. The predicted molar refractivity (Wildman–Crippen MR) is 147 cm³/mol. The first-order valence-electron chi connectivity index (χ1n) is 14.2. The van der Waals surface area contributed by atoms with Gasteiger partial charge in [0.1, 0.15) is 6.29 Å². The number of unbranched alkanes of at least 4 members (excludes halogenated alkanes) is 17. The fourth-order valence-electron chi connectivity index (χ4n) is 3.59. The van der Waals surface area contributed by atoms with Crippen molar-refractivity contribution in [2.75, 3.05) is 0 Å². The van der Waals surface area contributed by atoms with E-state index in [1.807, 2.05) is 0 Å². The Hall–Kier alpha value is -1.11. The number of rotatable bonds is 23. The standard InChI is InChI=1S/C17H32O.C14H26/c1-2-3-4-5-6-7-8-9-10-11-12-13-14-15-16-17-18;1-3-5-7-9-11-13-14-12-10-8-6-4-2/h8-9,17H,2-7,10-16H2,1H3;3,5,9,11H,4,6-8,10,12-14H2,1-2H3. The molecule has 0 aliphatic heterocycles. The Labute approximate surface area is 203 Å². The van der Waals surface area contributed by atoms with E-state index in [1.165, 1.54) is 116 Å². The molecule has 0 radical (unpaired) electrons. The minimum absolute atomic E-state index is 0.748. The van der Waals surface area contributed by atoms with Crippen LogP contribution < -0.4 is 0 Å². The summed E-state index contributed by atoms with van der Waals surface area (Å²) >= 11 is 0. The molecule has 0 saturated carbocycles. The molecule has 0 rings (SSSR count). The molecule has 0 unspecified atom stereocenters. The second-order valence-corrected chi connectivity index (χ2v) is 9.02. The monoisotopic (exact) mass is 446 g/mol. The largest absolute Gasteiger partial charge is 0.303 e. The number of carbonyl (C=O) groups is 1. The van der Waals surface area contributed by atoms with Gasteiger partial charge in [0.25, 0.3) is 0 Å². The molecule has 0 aromatic carbocycles. The third-order valence-electron chi connectivity index (χ3n) is 5.73. The van der Waals surface area contributed by atoms with Crippen LogP contribution in [0.1, 0.15) is 156 Å². The highest BCUT2D eigenvalue weighted by Gasteiger charge is 1.90. The zero-order valence-electron chi connectivity index (χ0n) is 22.3. The summed E-state index contributed by atoms with van der Waals surface area (Å²) in [6.07, 6.45) is 41.8. The third kappa shape index (κ3) is 36.3. The molecular weight excluding hydrogens is 388 g/mol. The van der Waals surface area contributed by atoms with Gasteiger partial charge in [-0.25, -0.2) is 0 Å². The molecule has 0 saturated heterocycles. The maximum atomic E-state index is 10.1. The molecule has 0 N–H and O–H groups in total. The maximum absolute atomic E-state index is 10.1. The van der Waals surface area contributed by atoms with Crippen LogP contribution in [0.25, 0.3) is 0 Å². The molecule has 0 amide bonds. The predicted octanol–water partition coefficient (Wildman–Crippen LogP) is 11.1. The van der Waals surface area contributed by atoms with E-state index < -0.39 is 0 Å². The summed E-state index contributed by atoms with van der Waals surface area (Å²) in [5, 5.41) is 0. The highest BCUT2D eigenvalue weighted by molar-refractivity contribution is 5.48. The van der Waals surface area contributed by atoms with Crippen LogP contribution in [0.4, 0.5) is 0 Å². The van der Waals surface area contributed by atoms with Crippen molar-refractivity contribution < 1.29 is 4.79 Å². The summed E-state index contributed by atoms with van der Waals surface area (Å²) < 4.78 is 0. The zero-order chi connectivity index (χ0) is 23.8. The van der Waals surface area contributed by atoms with E-state index in [2.05, 4.69) is 57.2 Å². The first-order valence-corrected chi connectivity index (χ1v) is 14.2. The molecule has 0 aliphatic rings. The minimum Gasteiger partial charge on any atom is -0.303 e. The quantitative estimate of drug-likeness (QED) is 0.0866. The number of allylic oxidation sites excluding steroid dienone is 6. The van der Waals surface area contributed by atoms with Gasteiger partial charge in [-0.3, -0.25) is 0 Å². The lowest BCUT2D eigenvalue weighted by Gasteiger charge is -1.98. The van der Waals surface area contributed by atoms with E-state index >= 15 is 0 Å². The Morgan fingerprint density at radius 3 is 1.22 bits per heavy atom. The topological polar surface area (TPSA) is 17.1 Å². The average molecular weight is 447 g/mol. The van der Waals surface area contributed by atoms with Gasteiger partial charge in [0, 0.05) is 6.42 Å². The minimum atomic E-state index is 0.748. The fraction of sp³-hybridized carbons (Fsp3) is 0.774. The van der Waals surface area contributed by atoms with Gasteiger partial charge in [0.2, 0.25) is 0 Å². The summed E-state index contributed by atoms with van der Waals surface area (Å²) in [6.45, 7) is 6.60. The highest BCUT2D eigenvalue weighted by Crippen LogP contribution is 2.09. The van der Waals surface area contributed by atoms with Gasteiger partial charge in [-0.2, -0.15) is 0 Å². The van der Waals surface area contributed by atoms with E-state index in [1.54, 1.807) is 0 Å². The molecule has 188 valence electrons. The van der Waals surface area contributed by atoms with Crippen LogP contribution in [0, 0.1) is 0 Å². The highest BCUT2D eigenvalue weighted by atomic mass is 16.1. The molecule has 32 heavy (non-hydrogen) atoms. The number of hydrogen-bond acceptors (Lipinski definition) is 1. The lowest BCUT2D eigenvalue weighted by atomic mass is 10.1. The van der Waals surface area contributed by atoms with Gasteiger partial charge in [-0.15, -0.1) is 0 Å². The summed E-state index contributed by atoms with van der Waals surface area (Å²) in [5.74, 6) is 0. The molecule has 0 heterocycles. The number of aldehydes is 1. The van der Waals surface area contributed by atoms with E-state index in [0.717, 1.165) is 25.5 Å². The molecule has 0 aromatic rings. The van der Waals surface area contributed by atoms with Crippen molar-refractivity contribution >= 4 is 6.29 Å². The van der Waals surface area contributed by atoms with Crippen molar-refractivity contribution in [3.8, 4) is 0 Å².